The Kier molecular flexibility index (Phi) is 2.47. The molecule has 0 fully saturated rings. The highest BCUT2D eigenvalue weighted by Crippen LogP contribution is 2.21. The second kappa shape index (κ2) is 3.95. The molecule has 0 radical (unpaired) electrons. The van der Waals surface area contributed by atoms with E-state index in [-0.39, 0.29) is 0 Å². The van der Waals surface area contributed by atoms with Gasteiger partial charge in [-0.15, -0.1) is 0 Å². The lowest BCUT2D eigenvalue weighted by molar-refractivity contribution is 0.963. The number of rotatable bonds is 2. The summed E-state index contributed by atoms with van der Waals surface area (Å²) >= 11 is 1.44. The van der Waals surface area contributed by atoms with Crippen molar-refractivity contribution in [3.05, 3.63) is 37.2 Å². The van der Waals surface area contributed by atoms with Crippen LogP contribution in [0.25, 0.3) is 0 Å². The second-order valence-corrected chi connectivity index (χ2v) is 3.25. The van der Waals surface area contributed by atoms with Crippen molar-refractivity contribution in [2.75, 3.05) is 0 Å². The average molecular weight is 190 g/mol. The highest BCUT2D eigenvalue weighted by Gasteiger charge is 1.97. The molecule has 0 N–H and O–H groups in total. The third kappa shape index (κ3) is 2.22. The Morgan fingerprint density at radius 3 is 2.38 bits per heavy atom. The molecule has 0 aromatic carbocycles. The monoisotopic (exact) mass is 190 g/mol. The molecule has 0 saturated carbocycles. The molecule has 0 unspecified atom stereocenters. The zero-order valence-electron chi connectivity index (χ0n) is 6.66. The van der Waals surface area contributed by atoms with Gasteiger partial charge >= 0.3 is 0 Å². The standard InChI is InChI=1S/C8H6N4S/c1-2-11-8(12-3-1)13-7-4-9-6-10-5-7/h1-6H. The van der Waals surface area contributed by atoms with Gasteiger partial charge in [-0.1, -0.05) is 0 Å². The van der Waals surface area contributed by atoms with Gasteiger partial charge in [0.05, 0.1) is 4.90 Å². The van der Waals surface area contributed by atoms with Crippen molar-refractivity contribution in [1.29, 1.82) is 0 Å². The molecule has 64 valence electrons. The van der Waals surface area contributed by atoms with Crippen LogP contribution in [0.1, 0.15) is 0 Å². The molecule has 0 bridgehead atoms. The molecule has 0 aliphatic heterocycles. The molecule has 2 aromatic rings. The molecular weight excluding hydrogens is 184 g/mol. The van der Waals surface area contributed by atoms with Crippen LogP contribution in [0.5, 0.6) is 0 Å². The molecule has 0 spiro atoms. The normalized spacial score (nSPS) is 9.85. The van der Waals surface area contributed by atoms with Crippen molar-refractivity contribution in [1.82, 2.24) is 19.9 Å². The van der Waals surface area contributed by atoms with E-state index in [0.717, 1.165) is 4.90 Å². The van der Waals surface area contributed by atoms with E-state index in [1.54, 1.807) is 30.9 Å². The van der Waals surface area contributed by atoms with E-state index >= 15 is 0 Å². The zero-order valence-corrected chi connectivity index (χ0v) is 7.48. The average Bonchev–Trinajstić information content (AvgIpc) is 2.21. The van der Waals surface area contributed by atoms with Crippen LogP contribution in [0.15, 0.2) is 47.2 Å². The van der Waals surface area contributed by atoms with Crippen molar-refractivity contribution in [2.24, 2.45) is 0 Å². The maximum absolute atomic E-state index is 4.07. The second-order valence-electron chi connectivity index (χ2n) is 2.21. The van der Waals surface area contributed by atoms with Crippen LogP contribution in [0.3, 0.4) is 0 Å². The first-order valence-electron chi connectivity index (χ1n) is 3.65. The molecule has 2 heterocycles. The Morgan fingerprint density at radius 2 is 1.69 bits per heavy atom. The zero-order chi connectivity index (χ0) is 8.93. The maximum Gasteiger partial charge on any atom is 0.192 e. The fourth-order valence-corrected chi connectivity index (χ4v) is 1.45. The highest BCUT2D eigenvalue weighted by atomic mass is 32.2. The summed E-state index contributed by atoms with van der Waals surface area (Å²) in [6, 6.07) is 1.78. The first-order valence-corrected chi connectivity index (χ1v) is 4.47. The van der Waals surface area contributed by atoms with Crippen LogP contribution in [0.2, 0.25) is 0 Å². The van der Waals surface area contributed by atoms with Crippen LogP contribution < -0.4 is 0 Å². The number of hydrogen-bond acceptors (Lipinski definition) is 5. The summed E-state index contributed by atoms with van der Waals surface area (Å²) in [7, 11) is 0. The molecule has 2 aromatic heterocycles. The fourth-order valence-electron chi connectivity index (χ4n) is 0.782. The van der Waals surface area contributed by atoms with Crippen molar-refractivity contribution in [3.8, 4) is 0 Å². The molecule has 4 nitrogen and oxygen atoms in total. The van der Waals surface area contributed by atoms with Gasteiger partial charge in [-0.05, 0) is 17.8 Å². The number of hydrogen-bond donors (Lipinski definition) is 0. The number of nitrogens with zero attached hydrogens (tertiary/aromatic N) is 4. The van der Waals surface area contributed by atoms with E-state index < -0.39 is 0 Å². The van der Waals surface area contributed by atoms with Gasteiger partial charge in [0, 0.05) is 24.8 Å². The van der Waals surface area contributed by atoms with Crippen LogP contribution in [-0.2, 0) is 0 Å². The Bertz CT molecular complexity index is 327. The van der Waals surface area contributed by atoms with Gasteiger partial charge in [0.1, 0.15) is 6.33 Å². The van der Waals surface area contributed by atoms with E-state index in [1.807, 2.05) is 0 Å². The largest absolute Gasteiger partial charge is 0.244 e. The molecule has 13 heavy (non-hydrogen) atoms. The van der Waals surface area contributed by atoms with Gasteiger partial charge in [-0.2, -0.15) is 0 Å². The molecule has 2 rings (SSSR count). The first kappa shape index (κ1) is 8.12. The Hall–Kier alpha value is -1.49. The van der Waals surface area contributed by atoms with Crippen molar-refractivity contribution in [3.63, 3.8) is 0 Å². The van der Waals surface area contributed by atoms with E-state index in [1.165, 1.54) is 18.1 Å². The fraction of sp³-hybridized carbons (Fsp3) is 0. The first-order chi connectivity index (χ1) is 6.45. The Balaban J connectivity index is 2.16. The lowest BCUT2D eigenvalue weighted by atomic mass is 10.7. The summed E-state index contributed by atoms with van der Waals surface area (Å²) < 4.78 is 0. The minimum atomic E-state index is 0.706. The molecule has 0 atom stereocenters. The Morgan fingerprint density at radius 1 is 1.00 bits per heavy atom. The summed E-state index contributed by atoms with van der Waals surface area (Å²) in [5, 5.41) is 0.706. The van der Waals surface area contributed by atoms with E-state index in [4.69, 9.17) is 0 Å². The third-order valence-corrected chi connectivity index (χ3v) is 2.13. The minimum Gasteiger partial charge on any atom is -0.244 e. The van der Waals surface area contributed by atoms with Crippen LogP contribution >= 0.6 is 11.8 Å². The van der Waals surface area contributed by atoms with E-state index in [2.05, 4.69) is 19.9 Å². The molecule has 0 aliphatic carbocycles. The van der Waals surface area contributed by atoms with Gasteiger partial charge in [0.15, 0.2) is 5.16 Å². The van der Waals surface area contributed by atoms with Gasteiger partial charge in [-0.25, -0.2) is 19.9 Å². The van der Waals surface area contributed by atoms with Crippen molar-refractivity contribution in [2.45, 2.75) is 10.1 Å². The Labute approximate surface area is 79.5 Å². The summed E-state index contributed by atoms with van der Waals surface area (Å²) in [5.74, 6) is 0. The van der Waals surface area contributed by atoms with E-state index in [9.17, 15) is 0 Å². The summed E-state index contributed by atoms with van der Waals surface area (Å²) in [6.07, 6.45) is 8.37. The van der Waals surface area contributed by atoms with Crippen LogP contribution in [-0.4, -0.2) is 19.9 Å². The predicted molar refractivity (Wildman–Crippen MR) is 48.2 cm³/mol. The molecule has 0 saturated heterocycles. The summed E-state index contributed by atoms with van der Waals surface area (Å²) in [5.41, 5.74) is 0. The minimum absolute atomic E-state index is 0.706. The molecule has 5 heteroatoms. The SMILES string of the molecule is c1cnc(Sc2cncnc2)nc1. The van der Waals surface area contributed by atoms with Gasteiger partial charge in [0.25, 0.3) is 0 Å². The molecular formula is C8H6N4S. The summed E-state index contributed by atoms with van der Waals surface area (Å²) in [6.45, 7) is 0. The van der Waals surface area contributed by atoms with E-state index in [0.29, 0.717) is 5.16 Å². The third-order valence-electron chi connectivity index (χ3n) is 1.29. The van der Waals surface area contributed by atoms with Crippen molar-refractivity contribution < 1.29 is 0 Å². The lowest BCUT2D eigenvalue weighted by Crippen LogP contribution is -1.84. The number of aromatic nitrogens is 4. The van der Waals surface area contributed by atoms with Gasteiger partial charge < -0.3 is 0 Å². The highest BCUT2D eigenvalue weighted by molar-refractivity contribution is 7.99. The summed E-state index contributed by atoms with van der Waals surface area (Å²) in [4.78, 5) is 16.9. The molecule has 0 amide bonds. The maximum atomic E-state index is 4.07. The van der Waals surface area contributed by atoms with Crippen LogP contribution in [0, 0.1) is 0 Å². The van der Waals surface area contributed by atoms with Crippen LogP contribution in [0.4, 0.5) is 0 Å². The van der Waals surface area contributed by atoms with Gasteiger partial charge in [-0.3, -0.25) is 0 Å². The van der Waals surface area contributed by atoms with Gasteiger partial charge in [0.2, 0.25) is 0 Å². The predicted octanol–water partition coefficient (Wildman–Crippen LogP) is 1.42. The van der Waals surface area contributed by atoms with Crippen molar-refractivity contribution >= 4 is 11.8 Å². The smallest absolute Gasteiger partial charge is 0.192 e. The lowest BCUT2D eigenvalue weighted by Gasteiger charge is -1.96. The topological polar surface area (TPSA) is 51.6 Å². The molecule has 0 aliphatic rings. The quantitative estimate of drug-likeness (QED) is 0.670.